The number of ketones is 2. The van der Waals surface area contributed by atoms with Crippen molar-refractivity contribution in [1.82, 2.24) is 9.80 Å². The molecule has 4 atom stereocenters. The van der Waals surface area contributed by atoms with Gasteiger partial charge in [-0.15, -0.1) is 0 Å². The standard InChI is InChI=1S/C38H45N5O13/c1-7-12-43(37(52)56-17-55-36(51)18-8-10-20(54-6)11-9-18)16-25(44)40-23-15-24(41(2)3)21-13-19-14-22-29(42(4)5)32(47)28(35(39)50)34(49)38(22,53)33(48)26(19)31(46)27(21)30(23)45/h8-11,15,19,22,29,45-46,49,53H,7,12-14,16-17H2,1-6H3,(H2,39,50)(H,40,44)/t19-,22-,29-,38-/m0/s1. The Morgan fingerprint density at radius 1 is 1.02 bits per heavy atom. The Bertz CT molecular complexity index is 2040. The Hall–Kier alpha value is -6.14. The van der Waals surface area contributed by atoms with E-state index in [0.29, 0.717) is 23.4 Å². The largest absolute Gasteiger partial charge is 0.508 e. The number of methoxy groups -OCH3 is 1. The summed E-state index contributed by atoms with van der Waals surface area (Å²) < 4.78 is 15.2. The molecule has 0 aromatic heterocycles. The van der Waals surface area contributed by atoms with Gasteiger partial charge in [-0.1, -0.05) is 6.92 Å². The number of likely N-dealkylation sites (N-methyl/N-ethyl adjacent to an activating group) is 1. The van der Waals surface area contributed by atoms with Gasteiger partial charge in [0.25, 0.3) is 5.91 Å². The number of nitrogens with two attached hydrogens (primary N) is 1. The molecule has 0 unspecified atom stereocenters. The topological polar surface area (TPSA) is 259 Å². The number of aromatic hydroxyl groups is 1. The van der Waals surface area contributed by atoms with Crippen molar-refractivity contribution in [3.63, 3.8) is 0 Å². The highest BCUT2D eigenvalue weighted by Crippen LogP contribution is 2.54. The number of Topliss-reactive ketones (excluding diaryl/α,β-unsaturated/α-hetero) is 2. The summed E-state index contributed by atoms with van der Waals surface area (Å²) >= 11 is 0. The molecule has 1 saturated carbocycles. The summed E-state index contributed by atoms with van der Waals surface area (Å²) in [5.41, 5.74) is 1.88. The van der Waals surface area contributed by atoms with Gasteiger partial charge >= 0.3 is 12.1 Å². The molecule has 5 rings (SSSR count). The maximum absolute atomic E-state index is 14.2. The van der Waals surface area contributed by atoms with Crippen LogP contribution in [-0.4, -0.2) is 132 Å². The first kappa shape index (κ1) is 41.0. The number of rotatable bonds is 12. The summed E-state index contributed by atoms with van der Waals surface area (Å²) in [6.45, 7) is 0.521. The van der Waals surface area contributed by atoms with E-state index < -0.39 is 95.1 Å². The fourth-order valence-corrected chi connectivity index (χ4v) is 7.69. The Morgan fingerprint density at radius 3 is 2.25 bits per heavy atom. The molecular formula is C38H45N5O13. The molecule has 300 valence electrons. The number of hydrogen-bond acceptors (Lipinski definition) is 15. The number of amides is 3. The molecule has 0 heterocycles. The molecule has 2 aromatic rings. The zero-order chi connectivity index (χ0) is 41.4. The van der Waals surface area contributed by atoms with Crippen molar-refractivity contribution in [1.29, 1.82) is 0 Å². The second-order valence-electron chi connectivity index (χ2n) is 14.2. The lowest BCUT2D eigenvalue weighted by Gasteiger charge is -2.50. The zero-order valence-corrected chi connectivity index (χ0v) is 31.7. The smallest absolute Gasteiger partial charge is 0.413 e. The number of fused-ring (bicyclic) bond motifs is 3. The van der Waals surface area contributed by atoms with Crippen LogP contribution < -0.4 is 20.7 Å². The Balaban J connectivity index is 1.41. The first-order valence-corrected chi connectivity index (χ1v) is 17.6. The van der Waals surface area contributed by atoms with Gasteiger partial charge < -0.3 is 50.6 Å². The molecule has 2 aromatic carbocycles. The van der Waals surface area contributed by atoms with Crippen LogP contribution in [0.2, 0.25) is 0 Å². The number of carbonyl (C=O) groups excluding carboxylic acids is 6. The lowest BCUT2D eigenvalue weighted by atomic mass is 9.57. The predicted octanol–water partition coefficient (Wildman–Crippen LogP) is 1.64. The van der Waals surface area contributed by atoms with E-state index >= 15 is 0 Å². The molecule has 0 spiro atoms. The monoisotopic (exact) mass is 779 g/mol. The van der Waals surface area contributed by atoms with E-state index in [9.17, 15) is 49.2 Å². The third kappa shape index (κ3) is 7.19. The van der Waals surface area contributed by atoms with Gasteiger partial charge in [0, 0.05) is 37.8 Å². The fourth-order valence-electron chi connectivity index (χ4n) is 7.69. The molecule has 1 fully saturated rings. The van der Waals surface area contributed by atoms with Crippen LogP contribution in [-0.2, 0) is 35.1 Å². The maximum atomic E-state index is 14.2. The molecule has 7 N–H and O–H groups in total. The summed E-state index contributed by atoms with van der Waals surface area (Å²) in [7, 11) is 7.85. The lowest BCUT2D eigenvalue weighted by molar-refractivity contribution is -0.153. The molecule has 0 radical (unpaired) electrons. The zero-order valence-electron chi connectivity index (χ0n) is 31.7. The van der Waals surface area contributed by atoms with Crippen LogP contribution >= 0.6 is 0 Å². The molecule has 3 amide bonds. The first-order chi connectivity index (χ1) is 26.4. The molecule has 0 bridgehead atoms. The highest BCUT2D eigenvalue weighted by Gasteiger charge is 2.64. The lowest BCUT2D eigenvalue weighted by Crippen LogP contribution is -2.65. The van der Waals surface area contributed by atoms with Gasteiger partial charge in [-0.05, 0) is 75.2 Å². The number of benzene rings is 2. The Labute approximate surface area is 321 Å². The highest BCUT2D eigenvalue weighted by atomic mass is 16.7. The van der Waals surface area contributed by atoms with Crippen LogP contribution in [0.15, 0.2) is 47.2 Å². The average molecular weight is 780 g/mol. The summed E-state index contributed by atoms with van der Waals surface area (Å²) in [6, 6.07) is 6.28. The van der Waals surface area contributed by atoms with Gasteiger partial charge in [0.1, 0.15) is 35.1 Å². The average Bonchev–Trinajstić information content (AvgIpc) is 3.13. The minimum Gasteiger partial charge on any atom is -0.508 e. The van der Waals surface area contributed by atoms with E-state index in [-0.39, 0.29) is 41.8 Å². The van der Waals surface area contributed by atoms with E-state index in [4.69, 9.17) is 19.9 Å². The molecule has 3 aliphatic carbocycles. The second-order valence-corrected chi connectivity index (χ2v) is 14.2. The van der Waals surface area contributed by atoms with Gasteiger partial charge in [0.15, 0.2) is 11.4 Å². The van der Waals surface area contributed by atoms with E-state index in [2.05, 4.69) is 5.32 Å². The number of phenolic OH excluding ortho intramolecular Hbond substituents is 1. The number of ether oxygens (including phenoxy) is 3. The van der Waals surface area contributed by atoms with E-state index in [0.717, 1.165) is 4.90 Å². The van der Waals surface area contributed by atoms with Gasteiger partial charge in [-0.2, -0.15) is 0 Å². The van der Waals surface area contributed by atoms with Crippen LogP contribution in [0.5, 0.6) is 11.5 Å². The third-order valence-corrected chi connectivity index (χ3v) is 10.2. The number of aliphatic hydroxyl groups excluding tert-OH is 2. The highest BCUT2D eigenvalue weighted by molar-refractivity contribution is 6.24. The van der Waals surface area contributed by atoms with Gasteiger partial charge in [-0.3, -0.25) is 29.0 Å². The number of anilines is 2. The number of nitrogens with one attached hydrogen (secondary N) is 1. The van der Waals surface area contributed by atoms with Crippen LogP contribution in [0.25, 0.3) is 5.76 Å². The van der Waals surface area contributed by atoms with Crippen molar-refractivity contribution in [2.75, 3.05) is 65.4 Å². The first-order valence-electron chi connectivity index (χ1n) is 17.6. The van der Waals surface area contributed by atoms with Crippen LogP contribution in [0.3, 0.4) is 0 Å². The van der Waals surface area contributed by atoms with Gasteiger partial charge in [0.05, 0.1) is 30.0 Å². The minimum atomic E-state index is -2.82. The van der Waals surface area contributed by atoms with Gasteiger partial charge in [-0.25, -0.2) is 9.59 Å². The molecule has 0 saturated heterocycles. The molecule has 18 heteroatoms. The fraction of sp³-hybridized carbons (Fsp3) is 0.421. The summed E-state index contributed by atoms with van der Waals surface area (Å²) in [5, 5.41) is 48.9. The number of nitrogens with zero attached hydrogens (tertiary/aromatic N) is 3. The van der Waals surface area contributed by atoms with Crippen molar-refractivity contribution in [3.05, 3.63) is 63.9 Å². The van der Waals surface area contributed by atoms with Crippen molar-refractivity contribution >= 4 is 52.6 Å². The van der Waals surface area contributed by atoms with Crippen molar-refractivity contribution in [2.45, 2.75) is 37.8 Å². The van der Waals surface area contributed by atoms with Crippen molar-refractivity contribution < 1.29 is 63.4 Å². The molecule has 18 nitrogen and oxygen atoms in total. The van der Waals surface area contributed by atoms with Crippen LogP contribution in [0.1, 0.15) is 41.3 Å². The Kier molecular flexibility index (Phi) is 11.7. The molecular weight excluding hydrogens is 734 g/mol. The SMILES string of the molecule is CCCN(CC(=O)Nc1cc(N(C)C)c2c(c1O)C(O)=C1C(=O)[C@]3(O)C(O)=C(C(N)=O)C(=O)[C@@H](N(C)C)[C@@H]3C[C@@H]1C2)C(=O)OCOC(=O)c1ccc(OC)cc1. The number of hydrogen-bond donors (Lipinski definition) is 6. The predicted molar refractivity (Wildman–Crippen MR) is 199 cm³/mol. The molecule has 0 aliphatic heterocycles. The quantitative estimate of drug-likeness (QED) is 0.0775. The van der Waals surface area contributed by atoms with Gasteiger partial charge in [0.2, 0.25) is 18.5 Å². The number of primary amides is 1. The van der Waals surface area contributed by atoms with E-state index in [1.54, 1.807) is 38.1 Å². The number of esters is 1. The summed E-state index contributed by atoms with van der Waals surface area (Å²) in [6.07, 6.45) is -0.612. The Morgan fingerprint density at radius 2 is 1.68 bits per heavy atom. The molecule has 3 aliphatic rings. The number of aliphatic hydroxyl groups is 3. The minimum absolute atomic E-state index is 0.0307. The third-order valence-electron chi connectivity index (χ3n) is 10.2. The number of phenols is 1. The van der Waals surface area contributed by atoms with Crippen LogP contribution in [0.4, 0.5) is 16.2 Å². The summed E-state index contributed by atoms with van der Waals surface area (Å²) in [4.78, 5) is 82.7. The second kappa shape index (κ2) is 15.9. The van der Waals surface area contributed by atoms with Crippen molar-refractivity contribution in [3.8, 4) is 11.5 Å². The maximum Gasteiger partial charge on any atom is 0.413 e. The normalized spacial score (nSPS) is 21.5. The molecule has 56 heavy (non-hydrogen) atoms. The number of carbonyl (C=O) groups is 6. The summed E-state index contributed by atoms with van der Waals surface area (Å²) in [5.74, 6) is -9.03. The van der Waals surface area contributed by atoms with Crippen LogP contribution in [0, 0.1) is 11.8 Å². The van der Waals surface area contributed by atoms with E-state index in [1.165, 1.54) is 44.3 Å². The van der Waals surface area contributed by atoms with Crippen molar-refractivity contribution in [2.24, 2.45) is 17.6 Å². The van der Waals surface area contributed by atoms with E-state index in [1.807, 2.05) is 0 Å².